The predicted molar refractivity (Wildman–Crippen MR) is 89.0 cm³/mol. The van der Waals surface area contributed by atoms with Gasteiger partial charge in [-0.2, -0.15) is 0 Å². The first-order valence-corrected chi connectivity index (χ1v) is 7.93. The third kappa shape index (κ3) is 4.00. The Labute approximate surface area is 145 Å². The fourth-order valence-corrected chi connectivity index (χ4v) is 2.55. The number of hydrogen-bond acceptors (Lipinski definition) is 6. The maximum Gasteiger partial charge on any atom is 0.260 e. The van der Waals surface area contributed by atoms with E-state index in [0.717, 1.165) is 5.56 Å². The Bertz CT molecular complexity index is 748. The van der Waals surface area contributed by atoms with Crippen LogP contribution in [0.5, 0.6) is 11.5 Å². The molecule has 7 nitrogen and oxygen atoms in total. The van der Waals surface area contributed by atoms with E-state index in [1.54, 1.807) is 35.2 Å². The van der Waals surface area contributed by atoms with Crippen LogP contribution in [0.2, 0.25) is 0 Å². The number of carbonyl (C=O) groups is 2. The molecule has 0 bridgehead atoms. The number of furan rings is 1. The molecule has 1 aliphatic rings. The van der Waals surface area contributed by atoms with Crippen molar-refractivity contribution in [2.24, 2.45) is 0 Å². The zero-order chi connectivity index (χ0) is 17.6. The molecule has 0 atom stereocenters. The SMILES string of the molecule is COc1cc(-c2ccc(C=O)o2)ccc1OCC(=O)N1CCOCC1. The van der Waals surface area contributed by atoms with E-state index in [1.165, 1.54) is 7.11 Å². The molecular formula is C18H19NO6. The van der Waals surface area contributed by atoms with Crippen molar-refractivity contribution in [3.05, 3.63) is 36.1 Å². The Balaban J connectivity index is 1.69. The zero-order valence-corrected chi connectivity index (χ0v) is 13.9. The molecule has 1 aliphatic heterocycles. The van der Waals surface area contributed by atoms with Crippen LogP contribution in [0.15, 0.2) is 34.7 Å². The number of ether oxygens (including phenoxy) is 3. The van der Waals surface area contributed by atoms with Gasteiger partial charge < -0.3 is 23.5 Å². The monoisotopic (exact) mass is 345 g/mol. The van der Waals surface area contributed by atoms with E-state index < -0.39 is 0 Å². The fraction of sp³-hybridized carbons (Fsp3) is 0.333. The van der Waals surface area contributed by atoms with Crippen LogP contribution in [0.3, 0.4) is 0 Å². The van der Waals surface area contributed by atoms with Crippen LogP contribution in [0.4, 0.5) is 0 Å². The first kappa shape index (κ1) is 17.0. The Morgan fingerprint density at radius 1 is 1.20 bits per heavy atom. The second-order valence-corrected chi connectivity index (χ2v) is 5.47. The molecule has 7 heteroatoms. The molecule has 2 heterocycles. The lowest BCUT2D eigenvalue weighted by Gasteiger charge is -2.26. The summed E-state index contributed by atoms with van der Waals surface area (Å²) in [6, 6.07) is 8.54. The molecule has 3 rings (SSSR count). The average Bonchev–Trinajstić information content (AvgIpc) is 3.16. The van der Waals surface area contributed by atoms with Gasteiger partial charge >= 0.3 is 0 Å². The number of hydrogen-bond donors (Lipinski definition) is 0. The normalized spacial score (nSPS) is 14.2. The molecule has 1 amide bonds. The van der Waals surface area contributed by atoms with Gasteiger partial charge in [-0.15, -0.1) is 0 Å². The van der Waals surface area contributed by atoms with Crippen LogP contribution in [0.25, 0.3) is 11.3 Å². The molecule has 0 saturated carbocycles. The minimum atomic E-state index is -0.0870. The number of methoxy groups -OCH3 is 1. The molecule has 25 heavy (non-hydrogen) atoms. The topological polar surface area (TPSA) is 78.2 Å². The van der Waals surface area contributed by atoms with E-state index in [1.807, 2.05) is 0 Å². The number of amides is 1. The number of carbonyl (C=O) groups excluding carboxylic acids is 2. The zero-order valence-electron chi connectivity index (χ0n) is 13.9. The van der Waals surface area contributed by atoms with E-state index in [9.17, 15) is 9.59 Å². The summed E-state index contributed by atoms with van der Waals surface area (Å²) in [6.45, 7) is 2.20. The van der Waals surface area contributed by atoms with Crippen molar-refractivity contribution in [1.82, 2.24) is 4.90 Å². The lowest BCUT2D eigenvalue weighted by Crippen LogP contribution is -2.43. The summed E-state index contributed by atoms with van der Waals surface area (Å²) < 4.78 is 21.6. The lowest BCUT2D eigenvalue weighted by atomic mass is 10.1. The minimum Gasteiger partial charge on any atom is -0.493 e. The van der Waals surface area contributed by atoms with Crippen LogP contribution >= 0.6 is 0 Å². The summed E-state index contributed by atoms with van der Waals surface area (Å²) in [6.07, 6.45) is 0.648. The van der Waals surface area contributed by atoms with Crippen LogP contribution in [-0.2, 0) is 9.53 Å². The summed E-state index contributed by atoms with van der Waals surface area (Å²) in [7, 11) is 1.52. The summed E-state index contributed by atoms with van der Waals surface area (Å²) in [5, 5.41) is 0. The maximum atomic E-state index is 12.2. The highest BCUT2D eigenvalue weighted by atomic mass is 16.5. The molecular weight excluding hydrogens is 326 g/mol. The minimum absolute atomic E-state index is 0.0637. The van der Waals surface area contributed by atoms with Crippen LogP contribution in [0.1, 0.15) is 10.6 Å². The molecule has 2 aromatic rings. The molecule has 0 N–H and O–H groups in total. The summed E-state index contributed by atoms with van der Waals surface area (Å²) >= 11 is 0. The van der Waals surface area contributed by atoms with Crippen LogP contribution < -0.4 is 9.47 Å². The van der Waals surface area contributed by atoms with E-state index in [-0.39, 0.29) is 18.3 Å². The first-order valence-electron chi connectivity index (χ1n) is 7.93. The third-order valence-electron chi connectivity index (χ3n) is 3.91. The van der Waals surface area contributed by atoms with Crippen LogP contribution in [0, 0.1) is 0 Å². The average molecular weight is 345 g/mol. The van der Waals surface area contributed by atoms with Gasteiger partial charge in [0.2, 0.25) is 0 Å². The molecule has 1 saturated heterocycles. The van der Waals surface area contributed by atoms with Gasteiger partial charge in [-0.05, 0) is 30.3 Å². The summed E-state index contributed by atoms with van der Waals surface area (Å²) in [4.78, 5) is 24.6. The van der Waals surface area contributed by atoms with Crippen LogP contribution in [-0.4, -0.2) is 57.1 Å². The summed E-state index contributed by atoms with van der Waals surface area (Å²) in [5.74, 6) is 1.67. The predicted octanol–water partition coefficient (Wildman–Crippen LogP) is 2.01. The molecule has 0 spiro atoms. The molecule has 0 aliphatic carbocycles. The molecule has 1 aromatic heterocycles. The van der Waals surface area contributed by atoms with Gasteiger partial charge in [0.1, 0.15) is 5.76 Å². The van der Waals surface area contributed by atoms with Crippen molar-refractivity contribution in [2.45, 2.75) is 0 Å². The third-order valence-corrected chi connectivity index (χ3v) is 3.91. The Morgan fingerprint density at radius 2 is 2.00 bits per heavy atom. The number of benzene rings is 1. The second kappa shape index (κ2) is 7.85. The largest absolute Gasteiger partial charge is 0.493 e. The maximum absolute atomic E-state index is 12.2. The molecule has 1 aromatic carbocycles. The van der Waals surface area contributed by atoms with Gasteiger partial charge in [0, 0.05) is 18.7 Å². The van der Waals surface area contributed by atoms with Gasteiger partial charge in [-0.25, -0.2) is 0 Å². The van der Waals surface area contributed by atoms with Crippen molar-refractivity contribution in [1.29, 1.82) is 0 Å². The Morgan fingerprint density at radius 3 is 2.68 bits per heavy atom. The summed E-state index contributed by atoms with van der Waals surface area (Å²) in [5.41, 5.74) is 0.747. The smallest absolute Gasteiger partial charge is 0.260 e. The Hall–Kier alpha value is -2.80. The number of morpholine rings is 1. The number of nitrogens with zero attached hydrogens (tertiary/aromatic N) is 1. The van der Waals surface area contributed by atoms with Gasteiger partial charge in [-0.1, -0.05) is 0 Å². The molecule has 0 unspecified atom stereocenters. The number of rotatable bonds is 6. The highest BCUT2D eigenvalue weighted by Crippen LogP contribution is 2.33. The van der Waals surface area contributed by atoms with E-state index in [4.69, 9.17) is 18.6 Å². The van der Waals surface area contributed by atoms with E-state index in [0.29, 0.717) is 49.8 Å². The standard InChI is InChI=1S/C18H19NO6/c1-22-17-10-13(15-5-3-14(11-20)25-15)2-4-16(17)24-12-18(21)19-6-8-23-9-7-19/h2-5,10-11H,6-9,12H2,1H3. The van der Waals surface area contributed by atoms with Crippen molar-refractivity contribution in [3.8, 4) is 22.8 Å². The second-order valence-electron chi connectivity index (χ2n) is 5.47. The van der Waals surface area contributed by atoms with Crippen molar-refractivity contribution in [2.75, 3.05) is 40.0 Å². The van der Waals surface area contributed by atoms with E-state index in [2.05, 4.69) is 0 Å². The first-order chi connectivity index (χ1) is 12.2. The van der Waals surface area contributed by atoms with E-state index >= 15 is 0 Å². The lowest BCUT2D eigenvalue weighted by molar-refractivity contribution is -0.137. The van der Waals surface area contributed by atoms with Gasteiger partial charge in [-0.3, -0.25) is 9.59 Å². The Kier molecular flexibility index (Phi) is 5.35. The fourth-order valence-electron chi connectivity index (χ4n) is 2.55. The quantitative estimate of drug-likeness (QED) is 0.745. The molecule has 1 fully saturated rings. The van der Waals surface area contributed by atoms with Gasteiger partial charge in [0.05, 0.1) is 20.3 Å². The van der Waals surface area contributed by atoms with Crippen molar-refractivity contribution < 1.29 is 28.2 Å². The van der Waals surface area contributed by atoms with Gasteiger partial charge in [0.25, 0.3) is 5.91 Å². The molecule has 132 valence electrons. The highest BCUT2D eigenvalue weighted by Gasteiger charge is 2.18. The molecule has 0 radical (unpaired) electrons. The van der Waals surface area contributed by atoms with Crippen molar-refractivity contribution in [3.63, 3.8) is 0 Å². The number of aldehydes is 1. The highest BCUT2D eigenvalue weighted by molar-refractivity contribution is 5.78. The van der Waals surface area contributed by atoms with Gasteiger partial charge in [0.15, 0.2) is 30.2 Å². The van der Waals surface area contributed by atoms with Crippen molar-refractivity contribution >= 4 is 12.2 Å².